The molecule has 2 aromatic rings. The lowest BCUT2D eigenvalue weighted by Gasteiger charge is -2.17. The smallest absolute Gasteiger partial charge is 0.348 e. The molecule has 4 N–H and O–H groups in total. The van der Waals surface area contributed by atoms with Crippen LogP contribution in [0, 0.1) is 6.92 Å². The maximum atomic E-state index is 12.8. The van der Waals surface area contributed by atoms with Gasteiger partial charge in [0.15, 0.2) is 5.13 Å². The molecular weight excluding hydrogens is 524 g/mol. The molecule has 0 aliphatic carbocycles. The molecule has 3 heterocycles. The van der Waals surface area contributed by atoms with E-state index in [1.165, 1.54) is 0 Å². The number of methoxy groups -OCH3 is 1. The number of amidine groups is 1. The minimum atomic E-state index is -1.07. The lowest BCUT2D eigenvalue weighted by Crippen LogP contribution is -2.43. The van der Waals surface area contributed by atoms with Crippen molar-refractivity contribution in [2.24, 2.45) is 4.99 Å². The van der Waals surface area contributed by atoms with Crippen LogP contribution in [-0.2, 0) is 4.74 Å². The minimum absolute atomic E-state index is 0.0986. The highest BCUT2D eigenvalue weighted by molar-refractivity contribution is 9.10. The van der Waals surface area contributed by atoms with Crippen molar-refractivity contribution in [3.05, 3.63) is 31.5 Å². The number of anilines is 1. The molecule has 1 aliphatic rings. The van der Waals surface area contributed by atoms with Gasteiger partial charge in [-0.1, -0.05) is 22.9 Å². The van der Waals surface area contributed by atoms with Gasteiger partial charge in [0.2, 0.25) is 0 Å². The van der Waals surface area contributed by atoms with Crippen LogP contribution in [0.1, 0.15) is 38.5 Å². The van der Waals surface area contributed by atoms with Crippen LogP contribution in [0.5, 0.6) is 0 Å². The van der Waals surface area contributed by atoms with Gasteiger partial charge in [0.25, 0.3) is 5.91 Å². The van der Waals surface area contributed by atoms with Gasteiger partial charge in [-0.2, -0.15) is 0 Å². The Balaban J connectivity index is 1.83. The Kier molecular flexibility index (Phi) is 7.80. The van der Waals surface area contributed by atoms with Crippen LogP contribution >= 0.6 is 38.9 Å². The van der Waals surface area contributed by atoms with E-state index in [1.807, 2.05) is 18.7 Å². The van der Waals surface area contributed by atoms with Crippen LogP contribution < -0.4 is 15.5 Å². The zero-order chi connectivity index (χ0) is 23.6. The van der Waals surface area contributed by atoms with E-state index in [-0.39, 0.29) is 28.6 Å². The number of carbonyl (C=O) groups excluding carboxylic acids is 1. The highest BCUT2D eigenvalue weighted by Crippen LogP contribution is 2.32. The summed E-state index contributed by atoms with van der Waals surface area (Å²) >= 11 is 10.7. The monoisotopic (exact) mass is 546 g/mol. The van der Waals surface area contributed by atoms with Crippen molar-refractivity contribution in [3.63, 3.8) is 0 Å². The average molecular weight is 548 g/mol. The van der Waals surface area contributed by atoms with Crippen LogP contribution in [0.15, 0.2) is 9.47 Å². The Morgan fingerprint density at radius 2 is 2.19 bits per heavy atom. The SMILES string of the molecule is CCNC(=NC)c1nc(N2CC(NC(=O)c3[nH]c(C)c(Br)c3Cl)C(OC)C2)sc1C(=O)O. The first-order chi connectivity index (χ1) is 15.2. The zero-order valence-electron chi connectivity index (χ0n) is 18.0. The highest BCUT2D eigenvalue weighted by atomic mass is 79.9. The van der Waals surface area contributed by atoms with E-state index in [0.717, 1.165) is 17.0 Å². The van der Waals surface area contributed by atoms with Crippen LogP contribution in [0.4, 0.5) is 5.13 Å². The average Bonchev–Trinajstić information content (AvgIpc) is 3.44. The van der Waals surface area contributed by atoms with Crippen LogP contribution in [-0.4, -0.2) is 78.7 Å². The lowest BCUT2D eigenvalue weighted by molar-refractivity contribution is 0.0701. The molecule has 2 atom stereocenters. The number of halogens is 2. The van der Waals surface area contributed by atoms with E-state index in [1.54, 1.807) is 14.2 Å². The molecule has 1 aliphatic heterocycles. The Bertz CT molecular complexity index is 1060. The van der Waals surface area contributed by atoms with Gasteiger partial charge in [-0.05, 0) is 29.8 Å². The van der Waals surface area contributed by atoms with Gasteiger partial charge < -0.3 is 30.4 Å². The molecule has 174 valence electrons. The van der Waals surface area contributed by atoms with Gasteiger partial charge in [0.05, 0.1) is 21.6 Å². The molecule has 1 saturated heterocycles. The van der Waals surface area contributed by atoms with Gasteiger partial charge in [-0.15, -0.1) is 0 Å². The third kappa shape index (κ3) is 4.77. The number of hydrogen-bond donors (Lipinski definition) is 4. The number of amides is 1. The number of aromatic carboxylic acids is 1. The summed E-state index contributed by atoms with van der Waals surface area (Å²) in [5.74, 6) is -1.00. The topological polar surface area (TPSA) is 132 Å². The number of nitrogens with one attached hydrogen (secondary N) is 3. The van der Waals surface area contributed by atoms with E-state index in [4.69, 9.17) is 16.3 Å². The number of carboxylic acid groups (broad SMARTS) is 1. The fraction of sp³-hybridized carbons (Fsp3) is 0.474. The van der Waals surface area contributed by atoms with E-state index < -0.39 is 5.97 Å². The van der Waals surface area contributed by atoms with Gasteiger partial charge in [-0.25, -0.2) is 9.78 Å². The van der Waals surface area contributed by atoms with E-state index in [2.05, 4.69) is 41.5 Å². The Hall–Kier alpha value is -2.15. The number of aliphatic imine (C=N–C) groups is 1. The molecule has 2 unspecified atom stereocenters. The maximum absolute atomic E-state index is 12.8. The van der Waals surface area contributed by atoms with Crippen LogP contribution in [0.25, 0.3) is 0 Å². The van der Waals surface area contributed by atoms with Crippen LogP contribution in [0.3, 0.4) is 0 Å². The van der Waals surface area contributed by atoms with Gasteiger partial charge in [0, 0.05) is 39.5 Å². The molecule has 2 aromatic heterocycles. The second kappa shape index (κ2) is 10.2. The van der Waals surface area contributed by atoms with Crippen molar-refractivity contribution in [2.75, 3.05) is 38.7 Å². The normalized spacial score (nSPS) is 18.8. The zero-order valence-corrected chi connectivity index (χ0v) is 21.1. The number of nitrogens with zero attached hydrogens (tertiary/aromatic N) is 3. The van der Waals surface area contributed by atoms with Crippen molar-refractivity contribution in [3.8, 4) is 0 Å². The van der Waals surface area contributed by atoms with E-state index in [9.17, 15) is 14.7 Å². The highest BCUT2D eigenvalue weighted by Gasteiger charge is 2.37. The first kappa shape index (κ1) is 24.5. The Labute approximate surface area is 202 Å². The molecule has 0 saturated carbocycles. The van der Waals surface area contributed by atoms with Gasteiger partial charge >= 0.3 is 5.97 Å². The second-order valence-corrected chi connectivity index (χ2v) is 9.24. The Morgan fingerprint density at radius 3 is 2.72 bits per heavy atom. The summed E-state index contributed by atoms with van der Waals surface area (Å²) in [6.45, 7) is 5.12. The number of aromatic amines is 1. The number of thiazole rings is 1. The van der Waals surface area contributed by atoms with Gasteiger partial charge in [0.1, 0.15) is 22.1 Å². The standard InChI is InChI=1S/C19H24BrClN6O4S/c1-5-23-16(22-3)14-15(18(29)30)32-19(26-14)27-6-9(10(7-27)31-4)25-17(28)13-12(21)11(20)8(2)24-13/h9-10,24H,5-7H2,1-4H3,(H,22,23)(H,25,28)(H,29,30). The number of carboxylic acids is 1. The van der Waals surface area contributed by atoms with Gasteiger partial charge in [-0.3, -0.25) is 9.79 Å². The fourth-order valence-electron chi connectivity index (χ4n) is 3.46. The first-order valence-corrected chi connectivity index (χ1v) is 11.8. The predicted octanol–water partition coefficient (Wildman–Crippen LogP) is 2.51. The molecule has 13 heteroatoms. The molecule has 0 radical (unpaired) electrons. The van der Waals surface area contributed by atoms with Crippen molar-refractivity contribution in [1.82, 2.24) is 20.6 Å². The number of carbonyl (C=O) groups is 2. The first-order valence-electron chi connectivity index (χ1n) is 9.79. The van der Waals surface area contributed by atoms with E-state index in [0.29, 0.717) is 45.8 Å². The predicted molar refractivity (Wildman–Crippen MR) is 128 cm³/mol. The maximum Gasteiger partial charge on any atom is 0.348 e. The molecule has 32 heavy (non-hydrogen) atoms. The molecule has 0 bridgehead atoms. The quantitative estimate of drug-likeness (QED) is 0.309. The number of aromatic nitrogens is 2. The van der Waals surface area contributed by atoms with E-state index >= 15 is 0 Å². The summed E-state index contributed by atoms with van der Waals surface area (Å²) in [4.78, 5) is 38.2. The molecule has 1 amide bonds. The summed E-state index contributed by atoms with van der Waals surface area (Å²) in [6, 6.07) is -0.348. The van der Waals surface area contributed by atoms with Crippen molar-refractivity contribution >= 4 is 61.7 Å². The minimum Gasteiger partial charge on any atom is -0.477 e. The fourth-order valence-corrected chi connectivity index (χ4v) is 4.96. The largest absolute Gasteiger partial charge is 0.477 e. The molecule has 3 rings (SSSR count). The summed E-state index contributed by atoms with van der Waals surface area (Å²) in [5, 5.41) is 16.5. The van der Waals surface area contributed by atoms with Crippen LogP contribution in [0.2, 0.25) is 5.02 Å². The number of hydrogen-bond acceptors (Lipinski definition) is 7. The summed E-state index contributed by atoms with van der Waals surface area (Å²) in [7, 11) is 3.15. The van der Waals surface area contributed by atoms with Crippen molar-refractivity contribution in [1.29, 1.82) is 0 Å². The van der Waals surface area contributed by atoms with Crippen molar-refractivity contribution in [2.45, 2.75) is 26.0 Å². The molecule has 10 nitrogen and oxygen atoms in total. The molecule has 0 aromatic carbocycles. The summed E-state index contributed by atoms with van der Waals surface area (Å²) in [5.41, 5.74) is 1.31. The third-order valence-corrected chi connectivity index (χ3v) is 7.74. The lowest BCUT2D eigenvalue weighted by atomic mass is 10.2. The number of H-pyrrole nitrogens is 1. The molecular formula is C19H24BrClN6O4S. The number of ether oxygens (including phenoxy) is 1. The summed E-state index contributed by atoms with van der Waals surface area (Å²) in [6.07, 6.45) is -0.314. The molecule has 0 spiro atoms. The van der Waals surface area contributed by atoms with Crippen molar-refractivity contribution < 1.29 is 19.4 Å². The number of rotatable bonds is 7. The molecule has 1 fully saturated rings. The number of aryl methyl sites for hydroxylation is 1. The Morgan fingerprint density at radius 1 is 1.47 bits per heavy atom. The summed E-state index contributed by atoms with van der Waals surface area (Å²) < 4.78 is 6.22. The second-order valence-electron chi connectivity index (χ2n) is 7.09. The third-order valence-electron chi connectivity index (χ3n) is 5.04.